The van der Waals surface area contributed by atoms with E-state index in [0.717, 1.165) is 49.0 Å². The second-order valence-corrected chi connectivity index (χ2v) is 13.7. The summed E-state index contributed by atoms with van der Waals surface area (Å²) >= 11 is 3.42. The predicted octanol–water partition coefficient (Wildman–Crippen LogP) is 8.12. The van der Waals surface area contributed by atoms with E-state index in [9.17, 15) is 9.90 Å². The number of para-hydroxylation sites is 1. The van der Waals surface area contributed by atoms with E-state index in [-0.39, 0.29) is 24.7 Å². The molecule has 9 heteroatoms. The lowest BCUT2D eigenvalue weighted by Crippen LogP contribution is -2.31. The third-order valence-corrected chi connectivity index (χ3v) is 10.4. The average molecular weight is 660 g/mol. The Morgan fingerprint density at radius 2 is 1.70 bits per heavy atom. The molecule has 1 saturated heterocycles. The smallest absolute Gasteiger partial charge is 0.253 e. The summed E-state index contributed by atoms with van der Waals surface area (Å²) in [6.45, 7) is 0.407. The van der Waals surface area contributed by atoms with Crippen molar-refractivity contribution in [2.24, 2.45) is 0 Å². The standard InChI is InChI=1S/C38H33N3O4S2/c42-23-25-13-15-27(16-14-25)34-20-32(24-46-38-41-33-11-1-2-12-35(33)47-38)44-37(45-34)30-9-4-8-29(19-30)28-7-3-6-26(18-28)21-40-36(43)31-10-5-17-39-22-31/h1-19,22,32,34,37,42H,20-21,23-24H2,(H,40,43)/t32-,34+,37+/m0/s1. The van der Waals surface area contributed by atoms with Crippen LogP contribution in [0.25, 0.3) is 21.3 Å². The van der Waals surface area contributed by atoms with Crippen molar-refractivity contribution in [2.75, 3.05) is 5.75 Å². The molecule has 1 aliphatic rings. The minimum atomic E-state index is -0.561. The summed E-state index contributed by atoms with van der Waals surface area (Å²) in [6.07, 6.45) is 3.12. The number of nitrogens with one attached hydrogen (secondary N) is 1. The first-order chi connectivity index (χ1) is 23.1. The molecule has 3 heterocycles. The van der Waals surface area contributed by atoms with Crippen LogP contribution in [-0.4, -0.2) is 32.8 Å². The highest BCUT2D eigenvalue weighted by atomic mass is 32.2. The Balaban J connectivity index is 1.09. The molecule has 0 spiro atoms. The number of ether oxygens (including phenoxy) is 2. The molecule has 0 bridgehead atoms. The highest BCUT2D eigenvalue weighted by Gasteiger charge is 2.32. The number of hydrogen-bond donors (Lipinski definition) is 2. The van der Waals surface area contributed by atoms with Crippen molar-refractivity contribution < 1.29 is 19.4 Å². The molecule has 7 nitrogen and oxygen atoms in total. The number of hydrogen-bond acceptors (Lipinski definition) is 8. The van der Waals surface area contributed by atoms with Crippen LogP contribution in [0.1, 0.15) is 51.4 Å². The van der Waals surface area contributed by atoms with Gasteiger partial charge < -0.3 is 19.9 Å². The predicted molar refractivity (Wildman–Crippen MR) is 186 cm³/mol. The number of amides is 1. The lowest BCUT2D eigenvalue weighted by Gasteiger charge is -2.36. The van der Waals surface area contributed by atoms with Crippen molar-refractivity contribution in [1.29, 1.82) is 0 Å². The van der Waals surface area contributed by atoms with E-state index in [2.05, 4.69) is 40.6 Å². The van der Waals surface area contributed by atoms with Gasteiger partial charge in [-0.05, 0) is 64.2 Å². The fourth-order valence-electron chi connectivity index (χ4n) is 5.61. The van der Waals surface area contributed by atoms with Crippen molar-refractivity contribution in [3.8, 4) is 11.1 Å². The number of carbonyl (C=O) groups excluding carboxylic acids is 1. The summed E-state index contributed by atoms with van der Waals surface area (Å²) in [4.78, 5) is 21.4. The van der Waals surface area contributed by atoms with Gasteiger partial charge in [0.25, 0.3) is 5.91 Å². The Hall–Kier alpha value is -4.38. The van der Waals surface area contributed by atoms with Gasteiger partial charge in [0.15, 0.2) is 10.6 Å². The van der Waals surface area contributed by atoms with E-state index in [4.69, 9.17) is 14.5 Å². The molecule has 1 amide bonds. The van der Waals surface area contributed by atoms with E-state index < -0.39 is 6.29 Å². The van der Waals surface area contributed by atoms with E-state index in [1.165, 1.54) is 4.70 Å². The lowest BCUT2D eigenvalue weighted by molar-refractivity contribution is -0.245. The van der Waals surface area contributed by atoms with Gasteiger partial charge in [0.05, 0.1) is 34.6 Å². The first-order valence-corrected chi connectivity index (χ1v) is 17.3. The average Bonchev–Trinajstić information content (AvgIpc) is 3.57. The number of fused-ring (bicyclic) bond motifs is 1. The third kappa shape index (κ3) is 7.62. The largest absolute Gasteiger partial charge is 0.392 e. The maximum absolute atomic E-state index is 12.6. The number of nitrogens with zero attached hydrogens (tertiary/aromatic N) is 2. The number of rotatable bonds is 10. The molecule has 47 heavy (non-hydrogen) atoms. The van der Waals surface area contributed by atoms with Crippen LogP contribution in [0.3, 0.4) is 0 Å². The maximum Gasteiger partial charge on any atom is 0.253 e. The molecule has 3 atom stereocenters. The van der Waals surface area contributed by atoms with Gasteiger partial charge in [0.2, 0.25) is 0 Å². The summed E-state index contributed by atoms with van der Waals surface area (Å²) < 4.78 is 15.5. The third-order valence-electron chi connectivity index (χ3n) is 8.08. The molecule has 0 aliphatic carbocycles. The van der Waals surface area contributed by atoms with Gasteiger partial charge in [-0.1, -0.05) is 84.6 Å². The normalized spacial score (nSPS) is 17.9. The number of carbonyl (C=O) groups is 1. The van der Waals surface area contributed by atoms with Crippen LogP contribution >= 0.6 is 23.1 Å². The molecule has 6 aromatic rings. The van der Waals surface area contributed by atoms with Crippen LogP contribution in [0.15, 0.2) is 126 Å². The summed E-state index contributed by atoms with van der Waals surface area (Å²) in [5, 5.41) is 12.5. The summed E-state index contributed by atoms with van der Waals surface area (Å²) in [5.74, 6) is 0.589. The zero-order chi connectivity index (χ0) is 32.0. The van der Waals surface area contributed by atoms with Crippen LogP contribution in [0.2, 0.25) is 0 Å². The monoisotopic (exact) mass is 659 g/mol. The molecule has 1 fully saturated rings. The Bertz CT molecular complexity index is 1930. The number of aliphatic hydroxyl groups excluding tert-OH is 1. The van der Waals surface area contributed by atoms with Crippen LogP contribution in [0.5, 0.6) is 0 Å². The Kier molecular flexibility index (Phi) is 9.69. The summed E-state index contributed by atoms with van der Waals surface area (Å²) in [5.41, 5.74) is 7.47. The Morgan fingerprint density at radius 3 is 2.51 bits per heavy atom. The number of aromatic nitrogens is 2. The molecule has 1 aliphatic heterocycles. The number of benzene rings is 4. The van der Waals surface area contributed by atoms with Gasteiger partial charge in [-0.2, -0.15) is 0 Å². The zero-order valence-corrected chi connectivity index (χ0v) is 27.1. The van der Waals surface area contributed by atoms with E-state index >= 15 is 0 Å². The van der Waals surface area contributed by atoms with Gasteiger partial charge in [0.1, 0.15) is 0 Å². The van der Waals surface area contributed by atoms with Crippen LogP contribution in [0.4, 0.5) is 0 Å². The summed E-state index contributed by atoms with van der Waals surface area (Å²) in [6, 6.07) is 36.1. The molecular formula is C38H33N3O4S2. The van der Waals surface area contributed by atoms with Gasteiger partial charge in [-0.3, -0.25) is 9.78 Å². The molecule has 7 rings (SSSR count). The van der Waals surface area contributed by atoms with Crippen LogP contribution in [0, 0.1) is 0 Å². The first kappa shape index (κ1) is 31.2. The SMILES string of the molecule is O=C(NCc1cccc(-c2cccc([C@@H]3O[C@H](CSc4nc5ccccc5s4)C[C@H](c4ccc(CO)cc4)O3)c2)c1)c1cccnc1. The molecule has 2 N–H and O–H groups in total. The van der Waals surface area contributed by atoms with Gasteiger partial charge in [0, 0.05) is 36.7 Å². The first-order valence-electron chi connectivity index (χ1n) is 15.5. The quantitative estimate of drug-likeness (QED) is 0.144. The molecule has 2 aromatic heterocycles. The van der Waals surface area contributed by atoms with E-state index in [1.54, 1.807) is 47.6 Å². The minimum Gasteiger partial charge on any atom is -0.392 e. The number of thioether (sulfide) groups is 1. The zero-order valence-electron chi connectivity index (χ0n) is 25.5. The van der Waals surface area contributed by atoms with Gasteiger partial charge in [-0.15, -0.1) is 11.3 Å². The molecule has 0 unspecified atom stereocenters. The highest BCUT2D eigenvalue weighted by molar-refractivity contribution is 8.01. The Labute approximate surface area is 281 Å². The number of aliphatic hydroxyl groups is 1. The molecular weight excluding hydrogens is 627 g/mol. The molecule has 0 saturated carbocycles. The van der Waals surface area contributed by atoms with E-state index in [0.29, 0.717) is 18.5 Å². The second-order valence-electron chi connectivity index (χ2n) is 11.4. The Morgan fingerprint density at radius 1 is 0.872 bits per heavy atom. The molecule has 236 valence electrons. The van der Waals surface area contributed by atoms with Gasteiger partial charge >= 0.3 is 0 Å². The van der Waals surface area contributed by atoms with Crippen molar-refractivity contribution in [3.63, 3.8) is 0 Å². The molecule has 0 radical (unpaired) electrons. The molecule has 4 aromatic carbocycles. The van der Waals surface area contributed by atoms with Crippen molar-refractivity contribution in [1.82, 2.24) is 15.3 Å². The lowest BCUT2D eigenvalue weighted by atomic mass is 9.99. The van der Waals surface area contributed by atoms with Gasteiger partial charge in [-0.25, -0.2) is 4.98 Å². The van der Waals surface area contributed by atoms with E-state index in [1.807, 2.05) is 66.7 Å². The fraction of sp³-hybridized carbons (Fsp3) is 0.184. The second kappa shape index (κ2) is 14.6. The van der Waals surface area contributed by atoms with Crippen molar-refractivity contribution >= 4 is 39.2 Å². The topological polar surface area (TPSA) is 93.6 Å². The number of pyridine rings is 1. The van der Waals surface area contributed by atoms with Crippen LogP contribution < -0.4 is 5.32 Å². The maximum atomic E-state index is 12.6. The fourth-order valence-corrected chi connectivity index (χ4v) is 7.72. The van der Waals surface area contributed by atoms with Crippen molar-refractivity contribution in [3.05, 3.63) is 149 Å². The summed E-state index contributed by atoms with van der Waals surface area (Å²) in [7, 11) is 0. The highest BCUT2D eigenvalue weighted by Crippen LogP contribution is 2.41. The van der Waals surface area contributed by atoms with Crippen LogP contribution in [-0.2, 0) is 22.6 Å². The number of thiazole rings is 1. The minimum absolute atomic E-state index is 0.00381. The van der Waals surface area contributed by atoms with Crippen molar-refractivity contribution in [2.45, 2.75) is 42.4 Å².